The number of aryl methyl sites for hydroxylation is 3. The van der Waals surface area contributed by atoms with Crippen molar-refractivity contribution in [1.29, 1.82) is 0 Å². The van der Waals surface area contributed by atoms with Crippen molar-refractivity contribution in [2.24, 2.45) is 0 Å². The number of rotatable bonds is 8. The van der Waals surface area contributed by atoms with Crippen LogP contribution in [0.1, 0.15) is 48.5 Å². The van der Waals surface area contributed by atoms with Gasteiger partial charge in [0.2, 0.25) is 5.91 Å². The largest absolute Gasteiger partial charge is 0.325 e. The molecule has 0 saturated heterocycles. The van der Waals surface area contributed by atoms with Gasteiger partial charge in [-0.3, -0.25) is 9.59 Å². The average Bonchev–Trinajstić information content (AvgIpc) is 2.99. The van der Waals surface area contributed by atoms with Crippen molar-refractivity contribution < 1.29 is 4.79 Å². The van der Waals surface area contributed by atoms with Crippen LogP contribution in [0, 0.1) is 13.8 Å². The minimum Gasteiger partial charge on any atom is -0.325 e. The summed E-state index contributed by atoms with van der Waals surface area (Å²) < 4.78 is 0. The van der Waals surface area contributed by atoms with Gasteiger partial charge in [0.05, 0.1) is 16.4 Å². The lowest BCUT2D eigenvalue weighted by Gasteiger charge is -2.12. The van der Waals surface area contributed by atoms with Crippen LogP contribution in [0.5, 0.6) is 0 Å². The predicted octanol–water partition coefficient (Wildman–Crippen LogP) is 5.20. The number of thioether (sulfide) groups is 1. The minimum atomic E-state index is -0.262. The number of nitrogens with one attached hydrogen (secondary N) is 2. The molecule has 0 spiro atoms. The van der Waals surface area contributed by atoms with Crippen LogP contribution >= 0.6 is 23.1 Å². The van der Waals surface area contributed by atoms with E-state index in [4.69, 9.17) is 0 Å². The number of anilines is 1. The van der Waals surface area contributed by atoms with Crippen molar-refractivity contribution in [2.45, 2.75) is 58.0 Å². The van der Waals surface area contributed by atoms with Crippen molar-refractivity contribution >= 4 is 44.9 Å². The molecular formula is C22H27N3O2S2. The second kappa shape index (κ2) is 9.59. The lowest BCUT2D eigenvalue weighted by Crippen LogP contribution is -2.23. The maximum atomic E-state index is 12.5. The molecule has 154 valence electrons. The highest BCUT2D eigenvalue weighted by Gasteiger charge is 2.16. The fourth-order valence-corrected chi connectivity index (χ4v) is 4.83. The summed E-state index contributed by atoms with van der Waals surface area (Å²) in [5, 5.41) is 3.38. The second-order valence-corrected chi connectivity index (χ2v) is 9.75. The summed E-state index contributed by atoms with van der Waals surface area (Å²) in [6.45, 7) is 7.99. The molecule has 0 bridgehead atoms. The average molecular weight is 430 g/mol. The molecular weight excluding hydrogens is 402 g/mol. The van der Waals surface area contributed by atoms with Gasteiger partial charge >= 0.3 is 0 Å². The first kappa shape index (κ1) is 21.6. The van der Waals surface area contributed by atoms with Gasteiger partial charge in [0.15, 0.2) is 0 Å². The van der Waals surface area contributed by atoms with Gasteiger partial charge in [0.1, 0.15) is 10.7 Å². The van der Waals surface area contributed by atoms with E-state index in [9.17, 15) is 9.59 Å². The highest BCUT2D eigenvalue weighted by Crippen LogP contribution is 2.26. The number of hydrogen-bond acceptors (Lipinski definition) is 5. The number of H-pyrrole nitrogens is 1. The number of carbonyl (C=O) groups excluding carboxylic acids is 1. The molecule has 0 aliphatic heterocycles. The molecule has 5 nitrogen and oxygen atoms in total. The van der Waals surface area contributed by atoms with E-state index in [1.54, 1.807) is 0 Å². The zero-order valence-corrected chi connectivity index (χ0v) is 18.9. The number of hydrogen-bond donors (Lipinski definition) is 2. The summed E-state index contributed by atoms with van der Waals surface area (Å²) in [7, 11) is 0. The van der Waals surface area contributed by atoms with Gasteiger partial charge in [-0.2, -0.15) is 0 Å². The number of fused-ring (bicyclic) bond motifs is 1. The Labute approximate surface area is 179 Å². The van der Waals surface area contributed by atoms with Crippen LogP contribution in [0.4, 0.5) is 5.69 Å². The third-order valence-corrected chi connectivity index (χ3v) is 7.22. The van der Waals surface area contributed by atoms with Crippen molar-refractivity contribution in [1.82, 2.24) is 9.97 Å². The lowest BCUT2D eigenvalue weighted by atomic mass is 10.1. The number of carbonyl (C=O) groups is 1. The highest BCUT2D eigenvalue weighted by atomic mass is 32.2. The van der Waals surface area contributed by atoms with E-state index in [0.29, 0.717) is 17.0 Å². The predicted molar refractivity (Wildman–Crippen MR) is 124 cm³/mol. The van der Waals surface area contributed by atoms with Crippen LogP contribution in [0.2, 0.25) is 0 Å². The van der Waals surface area contributed by atoms with E-state index in [0.717, 1.165) is 27.4 Å². The van der Waals surface area contributed by atoms with E-state index in [1.807, 2.05) is 32.9 Å². The Morgan fingerprint density at radius 2 is 2.00 bits per heavy atom. The monoisotopic (exact) mass is 429 g/mol. The highest BCUT2D eigenvalue weighted by molar-refractivity contribution is 7.99. The van der Waals surface area contributed by atoms with Gasteiger partial charge in [-0.15, -0.1) is 23.1 Å². The molecule has 29 heavy (non-hydrogen) atoms. The molecule has 0 fully saturated rings. The standard InChI is InChI=1S/C22H27N3O2S2/c1-5-6-7-16-8-10-17(11-9-16)23-20(26)15(4)28-12-18-24-21(27)19-13(2)14(3)29-22(19)25-18/h8-11,15H,5-7,12H2,1-4H3,(H,23,26)(H,24,25,27). The van der Waals surface area contributed by atoms with E-state index >= 15 is 0 Å². The third kappa shape index (κ3) is 5.28. The molecule has 0 saturated carbocycles. The summed E-state index contributed by atoms with van der Waals surface area (Å²) in [5.41, 5.74) is 2.98. The molecule has 3 aromatic rings. The van der Waals surface area contributed by atoms with E-state index in [-0.39, 0.29) is 16.7 Å². The number of thiophene rings is 1. The molecule has 2 heterocycles. The van der Waals surface area contributed by atoms with Gasteiger partial charge in [-0.05, 0) is 56.9 Å². The number of aromatic nitrogens is 2. The molecule has 1 amide bonds. The maximum absolute atomic E-state index is 12.5. The van der Waals surface area contributed by atoms with Crippen molar-refractivity contribution in [3.8, 4) is 0 Å². The van der Waals surface area contributed by atoms with E-state index in [2.05, 4.69) is 34.3 Å². The molecule has 7 heteroatoms. The van der Waals surface area contributed by atoms with Crippen molar-refractivity contribution in [2.75, 3.05) is 5.32 Å². The zero-order chi connectivity index (χ0) is 21.0. The third-order valence-electron chi connectivity index (χ3n) is 4.97. The van der Waals surface area contributed by atoms with Gasteiger partial charge in [-0.25, -0.2) is 4.98 Å². The summed E-state index contributed by atoms with van der Waals surface area (Å²) in [6.07, 6.45) is 3.41. The maximum Gasteiger partial charge on any atom is 0.259 e. The Kier molecular flexibility index (Phi) is 7.14. The summed E-state index contributed by atoms with van der Waals surface area (Å²) in [4.78, 5) is 34.2. The molecule has 0 aliphatic rings. The molecule has 0 aliphatic carbocycles. The Balaban J connectivity index is 1.58. The molecule has 2 N–H and O–H groups in total. The minimum absolute atomic E-state index is 0.0532. The van der Waals surface area contributed by atoms with Crippen LogP contribution < -0.4 is 10.9 Å². The Morgan fingerprint density at radius 3 is 2.69 bits per heavy atom. The summed E-state index contributed by atoms with van der Waals surface area (Å²) in [6, 6.07) is 8.04. The van der Waals surface area contributed by atoms with Crippen LogP contribution in [-0.4, -0.2) is 21.1 Å². The smallest absolute Gasteiger partial charge is 0.259 e. The molecule has 1 atom stereocenters. The van der Waals surface area contributed by atoms with Crippen LogP contribution in [0.3, 0.4) is 0 Å². The topological polar surface area (TPSA) is 74.8 Å². The van der Waals surface area contributed by atoms with E-state index in [1.165, 1.54) is 41.5 Å². The van der Waals surface area contributed by atoms with Crippen molar-refractivity contribution in [3.63, 3.8) is 0 Å². The van der Waals surface area contributed by atoms with Gasteiger partial charge in [-0.1, -0.05) is 25.5 Å². The van der Waals surface area contributed by atoms with Crippen LogP contribution in [-0.2, 0) is 17.0 Å². The Hall–Kier alpha value is -2.12. The first-order valence-electron chi connectivity index (χ1n) is 9.89. The van der Waals surface area contributed by atoms with Crippen molar-refractivity contribution in [3.05, 3.63) is 56.4 Å². The molecule has 1 unspecified atom stereocenters. The first-order chi connectivity index (χ1) is 13.9. The molecule has 2 aromatic heterocycles. The SMILES string of the molecule is CCCCc1ccc(NC(=O)C(C)SCc2nc3sc(C)c(C)c3c(=O)[nH]2)cc1. The molecule has 3 rings (SSSR count). The Bertz CT molecular complexity index is 1050. The fraction of sp³-hybridized carbons (Fsp3) is 0.409. The number of benzene rings is 1. The second-order valence-electron chi connectivity index (χ2n) is 7.22. The number of aromatic amines is 1. The van der Waals surface area contributed by atoms with E-state index < -0.39 is 0 Å². The van der Waals surface area contributed by atoms with Crippen LogP contribution in [0.25, 0.3) is 10.2 Å². The fourth-order valence-electron chi connectivity index (χ4n) is 3.03. The number of nitrogens with zero attached hydrogens (tertiary/aromatic N) is 1. The quantitative estimate of drug-likeness (QED) is 0.516. The molecule has 0 radical (unpaired) electrons. The number of unbranched alkanes of at least 4 members (excludes halogenated alkanes) is 1. The summed E-state index contributed by atoms with van der Waals surface area (Å²) >= 11 is 2.99. The van der Waals surface area contributed by atoms with Gasteiger partial charge < -0.3 is 10.3 Å². The summed E-state index contributed by atoms with van der Waals surface area (Å²) in [5.74, 6) is 1.03. The Morgan fingerprint density at radius 1 is 1.28 bits per heavy atom. The number of amides is 1. The zero-order valence-electron chi connectivity index (χ0n) is 17.3. The van der Waals surface area contributed by atoms with Gasteiger partial charge in [0.25, 0.3) is 5.56 Å². The normalized spacial score (nSPS) is 12.3. The first-order valence-corrected chi connectivity index (χ1v) is 11.8. The molecule has 1 aromatic carbocycles. The van der Waals surface area contributed by atoms with Crippen LogP contribution in [0.15, 0.2) is 29.1 Å². The lowest BCUT2D eigenvalue weighted by molar-refractivity contribution is -0.115. The van der Waals surface area contributed by atoms with Gasteiger partial charge in [0, 0.05) is 10.6 Å².